The third kappa shape index (κ3) is 5.76. The number of nitrogens with one attached hydrogen (secondary N) is 2. The highest BCUT2D eigenvalue weighted by atomic mass is 32.2. The van der Waals surface area contributed by atoms with E-state index in [0.717, 1.165) is 32.0 Å². The lowest BCUT2D eigenvalue weighted by molar-refractivity contribution is -0.132. The highest BCUT2D eigenvalue weighted by Crippen LogP contribution is 2.17. The van der Waals surface area contributed by atoms with Crippen LogP contribution in [0.1, 0.15) is 26.2 Å². The summed E-state index contributed by atoms with van der Waals surface area (Å²) in [5.41, 5.74) is 0. The molecule has 0 bridgehead atoms. The summed E-state index contributed by atoms with van der Waals surface area (Å²) in [5, 5.41) is 3.32. The van der Waals surface area contributed by atoms with E-state index in [1.807, 2.05) is 0 Å². The first-order chi connectivity index (χ1) is 11.9. The van der Waals surface area contributed by atoms with Crippen LogP contribution >= 0.6 is 0 Å². The standard InChI is InChI=1S/C17H26FN3O3S/c1-2-19-13-14-8-11-21(12-9-14)17(22)7-10-20-25(23,24)16-6-4-3-5-15(16)18/h3-6,14,19-20H,2,7-13H2,1H3. The van der Waals surface area contributed by atoms with Gasteiger partial charge in [0.15, 0.2) is 0 Å². The summed E-state index contributed by atoms with van der Waals surface area (Å²) >= 11 is 0. The van der Waals surface area contributed by atoms with E-state index in [4.69, 9.17) is 0 Å². The SMILES string of the molecule is CCNCC1CCN(C(=O)CCNS(=O)(=O)c2ccccc2F)CC1. The van der Waals surface area contributed by atoms with Crippen LogP contribution in [-0.2, 0) is 14.8 Å². The molecule has 6 nitrogen and oxygen atoms in total. The molecule has 2 N–H and O–H groups in total. The van der Waals surface area contributed by atoms with E-state index < -0.39 is 20.7 Å². The zero-order chi connectivity index (χ0) is 18.3. The molecule has 0 unspecified atom stereocenters. The molecule has 25 heavy (non-hydrogen) atoms. The maximum absolute atomic E-state index is 13.6. The molecule has 0 radical (unpaired) electrons. The number of rotatable bonds is 8. The van der Waals surface area contributed by atoms with Gasteiger partial charge in [-0.2, -0.15) is 0 Å². The zero-order valence-corrected chi connectivity index (χ0v) is 15.3. The van der Waals surface area contributed by atoms with Gasteiger partial charge in [0.05, 0.1) is 0 Å². The van der Waals surface area contributed by atoms with Crippen LogP contribution in [0.15, 0.2) is 29.2 Å². The third-order valence-electron chi connectivity index (χ3n) is 4.41. The lowest BCUT2D eigenvalue weighted by atomic mass is 9.96. The molecule has 0 aliphatic carbocycles. The summed E-state index contributed by atoms with van der Waals surface area (Å²) in [6.45, 7) is 5.36. The molecule has 0 spiro atoms. The Balaban J connectivity index is 1.77. The van der Waals surface area contributed by atoms with E-state index in [1.165, 1.54) is 18.2 Å². The number of piperidine rings is 1. The van der Waals surface area contributed by atoms with Gasteiger partial charge in [-0.05, 0) is 44.0 Å². The van der Waals surface area contributed by atoms with Gasteiger partial charge < -0.3 is 10.2 Å². The summed E-state index contributed by atoms with van der Waals surface area (Å²) in [6.07, 6.45) is 1.99. The molecule has 1 aliphatic rings. The lowest BCUT2D eigenvalue weighted by Crippen LogP contribution is -2.41. The van der Waals surface area contributed by atoms with Crippen molar-refractivity contribution in [1.29, 1.82) is 0 Å². The van der Waals surface area contributed by atoms with Gasteiger partial charge in [0, 0.05) is 26.1 Å². The smallest absolute Gasteiger partial charge is 0.243 e. The molecule has 1 amide bonds. The number of amides is 1. The van der Waals surface area contributed by atoms with Gasteiger partial charge in [-0.25, -0.2) is 17.5 Å². The Labute approximate surface area is 148 Å². The molecule has 140 valence electrons. The predicted octanol–water partition coefficient (Wildman–Crippen LogP) is 1.34. The molecular formula is C17H26FN3O3S. The summed E-state index contributed by atoms with van der Waals surface area (Å²) in [5.74, 6) is -0.286. The first-order valence-corrected chi connectivity index (χ1v) is 10.1. The van der Waals surface area contributed by atoms with Crippen LogP contribution in [0.5, 0.6) is 0 Å². The number of halogens is 1. The Hall–Kier alpha value is -1.51. The molecule has 1 saturated heterocycles. The second-order valence-corrected chi connectivity index (χ2v) is 7.95. The van der Waals surface area contributed by atoms with Crippen LogP contribution < -0.4 is 10.0 Å². The van der Waals surface area contributed by atoms with Crippen LogP contribution in [0.4, 0.5) is 4.39 Å². The molecule has 1 fully saturated rings. The minimum absolute atomic E-state index is 0.0349. The molecule has 8 heteroatoms. The molecule has 2 rings (SSSR count). The van der Waals surface area contributed by atoms with Gasteiger partial charge in [-0.3, -0.25) is 4.79 Å². The largest absolute Gasteiger partial charge is 0.343 e. The van der Waals surface area contributed by atoms with E-state index in [1.54, 1.807) is 4.90 Å². The van der Waals surface area contributed by atoms with E-state index in [-0.39, 0.29) is 18.9 Å². The number of carbonyl (C=O) groups excluding carboxylic acids is 1. The molecule has 1 aromatic carbocycles. The quantitative estimate of drug-likeness (QED) is 0.723. The van der Waals surface area contributed by atoms with Crippen molar-refractivity contribution in [3.63, 3.8) is 0 Å². The highest BCUT2D eigenvalue weighted by molar-refractivity contribution is 7.89. The third-order valence-corrected chi connectivity index (χ3v) is 5.90. The molecule has 0 saturated carbocycles. The van der Waals surface area contributed by atoms with Crippen LogP contribution in [0, 0.1) is 11.7 Å². The summed E-state index contributed by atoms with van der Waals surface area (Å²) in [4.78, 5) is 13.6. The number of nitrogens with zero attached hydrogens (tertiary/aromatic N) is 1. The van der Waals surface area contributed by atoms with Crippen molar-refractivity contribution in [3.8, 4) is 0 Å². The average Bonchev–Trinajstić information content (AvgIpc) is 2.60. The number of carbonyl (C=O) groups is 1. The summed E-state index contributed by atoms with van der Waals surface area (Å²) in [6, 6.07) is 5.18. The van der Waals surface area contributed by atoms with Crippen LogP contribution in [0.2, 0.25) is 0 Å². The van der Waals surface area contributed by atoms with Crippen molar-refractivity contribution in [2.24, 2.45) is 5.92 Å². The molecule has 1 aromatic rings. The van der Waals surface area contributed by atoms with Gasteiger partial charge in [-0.1, -0.05) is 19.1 Å². The molecule has 1 heterocycles. The summed E-state index contributed by atoms with van der Waals surface area (Å²) < 4.78 is 40.0. The zero-order valence-electron chi connectivity index (χ0n) is 14.5. The number of hydrogen-bond donors (Lipinski definition) is 2. The van der Waals surface area contributed by atoms with Crippen molar-refractivity contribution in [2.75, 3.05) is 32.7 Å². The van der Waals surface area contributed by atoms with E-state index in [2.05, 4.69) is 17.0 Å². The number of hydrogen-bond acceptors (Lipinski definition) is 4. The minimum Gasteiger partial charge on any atom is -0.343 e. The fourth-order valence-corrected chi connectivity index (χ4v) is 4.03. The van der Waals surface area contributed by atoms with Crippen molar-refractivity contribution in [3.05, 3.63) is 30.1 Å². The van der Waals surface area contributed by atoms with Gasteiger partial charge in [0.1, 0.15) is 10.7 Å². The maximum atomic E-state index is 13.6. The molecule has 0 aromatic heterocycles. The van der Waals surface area contributed by atoms with Crippen LogP contribution in [-0.4, -0.2) is 51.9 Å². The van der Waals surface area contributed by atoms with E-state index in [9.17, 15) is 17.6 Å². The predicted molar refractivity (Wildman–Crippen MR) is 94.1 cm³/mol. The normalized spacial score (nSPS) is 16.2. The van der Waals surface area contributed by atoms with Crippen LogP contribution in [0.3, 0.4) is 0 Å². The monoisotopic (exact) mass is 371 g/mol. The Morgan fingerprint density at radius 2 is 1.96 bits per heavy atom. The van der Waals surface area contributed by atoms with Gasteiger partial charge in [0.25, 0.3) is 0 Å². The Bertz CT molecular complexity index is 673. The maximum Gasteiger partial charge on any atom is 0.243 e. The van der Waals surface area contributed by atoms with Gasteiger partial charge in [-0.15, -0.1) is 0 Å². The van der Waals surface area contributed by atoms with Gasteiger partial charge >= 0.3 is 0 Å². The van der Waals surface area contributed by atoms with Crippen molar-refractivity contribution < 1.29 is 17.6 Å². The average molecular weight is 371 g/mol. The number of sulfonamides is 1. The van der Waals surface area contributed by atoms with Gasteiger partial charge in [0.2, 0.25) is 15.9 Å². The van der Waals surface area contributed by atoms with Crippen LogP contribution in [0.25, 0.3) is 0 Å². The first-order valence-electron chi connectivity index (χ1n) is 8.66. The first kappa shape index (κ1) is 19.8. The van der Waals surface area contributed by atoms with Crippen molar-refractivity contribution in [1.82, 2.24) is 14.9 Å². The Morgan fingerprint density at radius 1 is 1.28 bits per heavy atom. The minimum atomic E-state index is -3.94. The second kappa shape index (κ2) is 9.26. The molecule has 1 aliphatic heterocycles. The topological polar surface area (TPSA) is 78.5 Å². The number of benzene rings is 1. The van der Waals surface area contributed by atoms with Crippen molar-refractivity contribution in [2.45, 2.75) is 31.1 Å². The Kier molecular flexibility index (Phi) is 7.34. The molecular weight excluding hydrogens is 345 g/mol. The fourth-order valence-electron chi connectivity index (χ4n) is 2.93. The molecule has 0 atom stereocenters. The lowest BCUT2D eigenvalue weighted by Gasteiger charge is -2.32. The van der Waals surface area contributed by atoms with E-state index >= 15 is 0 Å². The summed E-state index contributed by atoms with van der Waals surface area (Å²) in [7, 11) is -3.94. The van der Waals surface area contributed by atoms with E-state index in [0.29, 0.717) is 19.0 Å². The Morgan fingerprint density at radius 3 is 2.60 bits per heavy atom. The second-order valence-electron chi connectivity index (χ2n) is 6.21. The number of likely N-dealkylation sites (tertiary alicyclic amines) is 1. The highest BCUT2D eigenvalue weighted by Gasteiger charge is 2.23. The fraction of sp³-hybridized carbons (Fsp3) is 0.588. The van der Waals surface area contributed by atoms with Crippen molar-refractivity contribution >= 4 is 15.9 Å².